The van der Waals surface area contributed by atoms with Crippen molar-refractivity contribution in [2.75, 3.05) is 12.3 Å². The van der Waals surface area contributed by atoms with Crippen molar-refractivity contribution in [2.24, 2.45) is 5.73 Å². The van der Waals surface area contributed by atoms with Crippen molar-refractivity contribution in [3.63, 3.8) is 0 Å². The van der Waals surface area contributed by atoms with E-state index in [-0.39, 0.29) is 18.0 Å². The number of carbonyl (C=O) groups excluding carboxylic acids is 1. The van der Waals surface area contributed by atoms with Crippen molar-refractivity contribution in [3.05, 3.63) is 18.1 Å². The third kappa shape index (κ3) is 2.15. The van der Waals surface area contributed by atoms with E-state index in [1.807, 2.05) is 0 Å². The smallest absolute Gasteiger partial charge is 0.251 e. The summed E-state index contributed by atoms with van der Waals surface area (Å²) in [7, 11) is 0. The lowest BCUT2D eigenvalue weighted by molar-refractivity contribution is -0.0428. The van der Waals surface area contributed by atoms with Crippen LogP contribution in [-0.4, -0.2) is 54.3 Å². The highest BCUT2D eigenvalue weighted by atomic mass is 79.9. The van der Waals surface area contributed by atoms with Gasteiger partial charge in [-0.1, -0.05) is 15.9 Å². The highest BCUT2D eigenvalue weighted by Crippen LogP contribution is 2.37. The Bertz CT molecular complexity index is 736. The van der Waals surface area contributed by atoms with Crippen LogP contribution in [0, 0.1) is 0 Å². The lowest BCUT2D eigenvalue weighted by Gasteiger charge is -2.17. The summed E-state index contributed by atoms with van der Waals surface area (Å²) in [5, 5.41) is 19.6. The number of fused-ring (bicyclic) bond motifs is 1. The maximum Gasteiger partial charge on any atom is 0.251 e. The number of aromatic nitrogens is 3. The number of nitrogen functional groups attached to an aromatic ring is 1. The Morgan fingerprint density at radius 3 is 2.82 bits per heavy atom. The molecule has 2 aromatic heterocycles. The van der Waals surface area contributed by atoms with Crippen LogP contribution >= 0.6 is 15.9 Å². The fraction of sp³-hybridized carbons (Fsp3) is 0.417. The third-order valence-corrected chi connectivity index (χ3v) is 4.65. The van der Waals surface area contributed by atoms with Gasteiger partial charge in [-0.2, -0.15) is 0 Å². The lowest BCUT2D eigenvalue weighted by atomic mass is 10.2. The van der Waals surface area contributed by atoms with Gasteiger partial charge in [-0.05, 0) is 0 Å². The third-order valence-electron chi connectivity index (χ3n) is 3.65. The molecule has 3 heterocycles. The van der Waals surface area contributed by atoms with Gasteiger partial charge >= 0.3 is 0 Å². The first-order valence-electron chi connectivity index (χ1n) is 6.45. The number of halogens is 1. The number of rotatable bonds is 3. The van der Waals surface area contributed by atoms with E-state index in [1.165, 1.54) is 12.5 Å². The van der Waals surface area contributed by atoms with Crippen LogP contribution in [0.15, 0.2) is 12.5 Å². The van der Waals surface area contributed by atoms with Gasteiger partial charge in [0.1, 0.15) is 23.9 Å². The van der Waals surface area contributed by atoms with Crippen molar-refractivity contribution >= 4 is 38.7 Å². The van der Waals surface area contributed by atoms with Gasteiger partial charge in [0, 0.05) is 6.20 Å². The number of anilines is 1. The average molecular weight is 372 g/mol. The molecule has 1 amide bonds. The number of nitrogens with zero attached hydrogens (tertiary/aromatic N) is 3. The fourth-order valence-electron chi connectivity index (χ4n) is 2.57. The van der Waals surface area contributed by atoms with Gasteiger partial charge in [-0.25, -0.2) is 9.97 Å². The number of nitrogens with two attached hydrogens (primary N) is 2. The molecule has 0 saturated carbocycles. The average Bonchev–Trinajstić information content (AvgIpc) is 3.00. The largest absolute Gasteiger partial charge is 0.394 e. The minimum absolute atomic E-state index is 0.126. The summed E-state index contributed by atoms with van der Waals surface area (Å²) in [5.41, 5.74) is 11.7. The summed E-state index contributed by atoms with van der Waals surface area (Å²) >= 11 is 3.34. The lowest BCUT2D eigenvalue weighted by Crippen LogP contribution is -2.29. The molecule has 9 nitrogen and oxygen atoms in total. The molecule has 0 unspecified atom stereocenters. The second-order valence-corrected chi connectivity index (χ2v) is 6.01. The maximum atomic E-state index is 11.6. The number of hydrogen-bond donors (Lipinski definition) is 4. The molecule has 0 aliphatic carbocycles. The molecular formula is C12H14BrN5O4. The Labute approximate surface area is 133 Å². The Balaban J connectivity index is 2.16. The van der Waals surface area contributed by atoms with Crippen molar-refractivity contribution in [3.8, 4) is 0 Å². The zero-order valence-corrected chi connectivity index (χ0v) is 12.8. The van der Waals surface area contributed by atoms with Gasteiger partial charge in [0.2, 0.25) is 0 Å². The highest BCUT2D eigenvalue weighted by Gasteiger charge is 2.43. The fourth-order valence-corrected chi connectivity index (χ4v) is 3.29. The molecule has 2 aromatic rings. The van der Waals surface area contributed by atoms with Gasteiger partial charge in [-0.3, -0.25) is 4.79 Å². The molecule has 118 valence electrons. The van der Waals surface area contributed by atoms with Gasteiger partial charge in [0.05, 0.1) is 28.5 Å². The van der Waals surface area contributed by atoms with E-state index in [0.717, 1.165) is 0 Å². The van der Waals surface area contributed by atoms with Gasteiger partial charge in [0.25, 0.3) is 5.91 Å². The van der Waals surface area contributed by atoms with E-state index in [2.05, 4.69) is 25.9 Å². The van der Waals surface area contributed by atoms with Crippen LogP contribution in [0.25, 0.3) is 11.0 Å². The topological polar surface area (TPSA) is 150 Å². The minimum atomic E-state index is -0.913. The molecule has 22 heavy (non-hydrogen) atoms. The number of primary amides is 1. The predicted molar refractivity (Wildman–Crippen MR) is 80.2 cm³/mol. The zero-order valence-electron chi connectivity index (χ0n) is 11.3. The number of hydrogen-bond acceptors (Lipinski definition) is 7. The standard InChI is InChI=1S/C12H14BrN5O4/c13-7-8(20)5(2-19)22-12(7)18-1-4(10(15)21)6-9(14)16-3-17-11(6)18/h1,3,5,7-8,12,19-20H,2H2,(H2,15,21)(H2,14,16,17)/t5-,7-,8-,12-/m1/s1. The van der Waals surface area contributed by atoms with E-state index in [1.54, 1.807) is 4.57 Å². The summed E-state index contributed by atoms with van der Waals surface area (Å²) in [6.07, 6.45) is 0.379. The Morgan fingerprint density at radius 1 is 1.50 bits per heavy atom. The summed E-state index contributed by atoms with van der Waals surface area (Å²) in [5.74, 6) is -0.547. The molecule has 10 heteroatoms. The molecule has 1 fully saturated rings. The molecule has 1 saturated heterocycles. The Hall–Kier alpha value is -1.75. The predicted octanol–water partition coefficient (Wildman–Crippen LogP) is -0.873. The van der Waals surface area contributed by atoms with E-state index in [4.69, 9.17) is 16.2 Å². The van der Waals surface area contributed by atoms with Gasteiger partial charge < -0.3 is 31.0 Å². The molecule has 6 N–H and O–H groups in total. The molecular weight excluding hydrogens is 358 g/mol. The van der Waals surface area contributed by atoms with Crippen LogP contribution in [0.3, 0.4) is 0 Å². The molecule has 0 bridgehead atoms. The minimum Gasteiger partial charge on any atom is -0.394 e. The summed E-state index contributed by atoms with van der Waals surface area (Å²) in [6.45, 7) is -0.335. The number of carbonyl (C=O) groups is 1. The highest BCUT2D eigenvalue weighted by molar-refractivity contribution is 9.09. The van der Waals surface area contributed by atoms with Crippen molar-refractivity contribution < 1.29 is 19.7 Å². The van der Waals surface area contributed by atoms with Gasteiger partial charge in [-0.15, -0.1) is 0 Å². The van der Waals surface area contributed by atoms with E-state index in [9.17, 15) is 15.0 Å². The molecule has 0 spiro atoms. The van der Waals surface area contributed by atoms with E-state index in [0.29, 0.717) is 11.0 Å². The van der Waals surface area contributed by atoms with Crippen molar-refractivity contribution in [1.29, 1.82) is 0 Å². The van der Waals surface area contributed by atoms with Crippen LogP contribution in [0.1, 0.15) is 16.6 Å². The number of ether oxygens (including phenoxy) is 1. The van der Waals surface area contributed by atoms with Crippen LogP contribution in [0.4, 0.5) is 5.82 Å². The quantitative estimate of drug-likeness (QED) is 0.512. The number of alkyl halides is 1. The van der Waals surface area contributed by atoms with Crippen LogP contribution in [-0.2, 0) is 4.74 Å². The zero-order chi connectivity index (χ0) is 16.0. The maximum absolute atomic E-state index is 11.6. The number of amides is 1. The molecule has 1 aliphatic heterocycles. The van der Waals surface area contributed by atoms with Gasteiger partial charge in [0.15, 0.2) is 6.23 Å². The normalized spacial score (nSPS) is 28.3. The molecule has 3 rings (SSSR count). The Morgan fingerprint density at radius 2 is 2.23 bits per heavy atom. The first-order chi connectivity index (χ1) is 10.5. The summed E-state index contributed by atoms with van der Waals surface area (Å²) in [4.78, 5) is 19.1. The Kier molecular flexibility index (Phi) is 3.77. The molecule has 4 atom stereocenters. The van der Waals surface area contributed by atoms with Crippen LogP contribution in [0.5, 0.6) is 0 Å². The molecule has 0 aromatic carbocycles. The van der Waals surface area contributed by atoms with E-state index >= 15 is 0 Å². The molecule has 1 aliphatic rings. The summed E-state index contributed by atoms with van der Waals surface area (Å²) in [6, 6.07) is 0. The van der Waals surface area contributed by atoms with Crippen LogP contribution < -0.4 is 11.5 Å². The van der Waals surface area contributed by atoms with E-state index < -0.39 is 29.2 Å². The second-order valence-electron chi connectivity index (χ2n) is 4.95. The SMILES string of the molecule is NC(=O)c1cn([C@@H]2O[C@H](CO)[C@@H](O)[C@H]2Br)c2ncnc(N)c12. The first kappa shape index (κ1) is 15.2. The molecule has 0 radical (unpaired) electrons. The summed E-state index contributed by atoms with van der Waals surface area (Å²) < 4.78 is 7.17. The first-order valence-corrected chi connectivity index (χ1v) is 7.36. The number of aliphatic hydroxyl groups excluding tert-OH is 2. The van der Waals surface area contributed by atoms with Crippen molar-refractivity contribution in [2.45, 2.75) is 23.3 Å². The second kappa shape index (κ2) is 5.47. The van der Waals surface area contributed by atoms with Crippen LogP contribution in [0.2, 0.25) is 0 Å². The monoisotopic (exact) mass is 371 g/mol. The number of aliphatic hydroxyl groups is 2. The van der Waals surface area contributed by atoms with Crippen molar-refractivity contribution in [1.82, 2.24) is 14.5 Å².